The Kier molecular flexibility index (Phi) is 3.08. The van der Waals surface area contributed by atoms with Crippen LogP contribution >= 0.6 is 0 Å². The van der Waals surface area contributed by atoms with E-state index in [0.29, 0.717) is 5.92 Å². The van der Waals surface area contributed by atoms with Crippen molar-refractivity contribution in [1.82, 2.24) is 10.3 Å². The van der Waals surface area contributed by atoms with Gasteiger partial charge in [-0.2, -0.15) is 0 Å². The molecule has 1 amide bonds. The molecule has 1 fully saturated rings. The summed E-state index contributed by atoms with van der Waals surface area (Å²) < 4.78 is 0. The van der Waals surface area contributed by atoms with Crippen LogP contribution in [0.15, 0.2) is 18.3 Å². The second kappa shape index (κ2) is 4.51. The van der Waals surface area contributed by atoms with Crippen LogP contribution in [0.25, 0.3) is 0 Å². The third-order valence-corrected chi connectivity index (χ3v) is 3.22. The predicted octanol–water partition coefficient (Wildman–Crippen LogP) is 1.71. The zero-order valence-electron chi connectivity index (χ0n) is 9.31. The lowest BCUT2D eigenvalue weighted by Gasteiger charge is -2.31. The average Bonchev–Trinajstić information content (AvgIpc) is 2.15. The van der Waals surface area contributed by atoms with E-state index in [1.54, 1.807) is 6.07 Å². The van der Waals surface area contributed by atoms with Gasteiger partial charge in [0.2, 0.25) is 0 Å². The molecule has 0 saturated heterocycles. The molecule has 4 nitrogen and oxygen atoms in total. The van der Waals surface area contributed by atoms with Gasteiger partial charge < -0.3 is 10.4 Å². The Bertz CT molecular complexity index is 388. The Morgan fingerprint density at radius 2 is 2.38 bits per heavy atom. The number of pyridine rings is 1. The SMILES string of the molecule is CC(NC(=O)c1ncccc1O)C1CCC1. The number of carbonyl (C=O) groups excluding carboxylic acids is 1. The number of carbonyl (C=O) groups is 1. The average molecular weight is 220 g/mol. The van der Waals surface area contributed by atoms with Gasteiger partial charge in [0.05, 0.1) is 0 Å². The van der Waals surface area contributed by atoms with Crippen LogP contribution in [0.1, 0.15) is 36.7 Å². The summed E-state index contributed by atoms with van der Waals surface area (Å²) in [6, 6.07) is 3.22. The van der Waals surface area contributed by atoms with Gasteiger partial charge in [0.25, 0.3) is 5.91 Å². The van der Waals surface area contributed by atoms with Gasteiger partial charge in [0.15, 0.2) is 5.69 Å². The Morgan fingerprint density at radius 1 is 1.62 bits per heavy atom. The van der Waals surface area contributed by atoms with Crippen molar-refractivity contribution in [3.05, 3.63) is 24.0 Å². The Balaban J connectivity index is 2.00. The number of amides is 1. The molecule has 1 heterocycles. The molecule has 1 atom stereocenters. The molecule has 2 rings (SSSR count). The van der Waals surface area contributed by atoms with Crippen LogP contribution in [0, 0.1) is 5.92 Å². The molecule has 86 valence electrons. The van der Waals surface area contributed by atoms with Crippen LogP contribution in [-0.2, 0) is 0 Å². The number of nitrogens with one attached hydrogen (secondary N) is 1. The normalized spacial score (nSPS) is 17.6. The maximum atomic E-state index is 11.8. The summed E-state index contributed by atoms with van der Waals surface area (Å²) in [6.07, 6.45) is 5.10. The van der Waals surface area contributed by atoms with Crippen molar-refractivity contribution in [3.63, 3.8) is 0 Å². The maximum Gasteiger partial charge on any atom is 0.273 e. The number of aromatic nitrogens is 1. The van der Waals surface area contributed by atoms with E-state index in [1.807, 2.05) is 6.92 Å². The van der Waals surface area contributed by atoms with E-state index >= 15 is 0 Å². The molecule has 1 aliphatic carbocycles. The van der Waals surface area contributed by atoms with E-state index in [0.717, 1.165) is 0 Å². The molecule has 4 heteroatoms. The smallest absolute Gasteiger partial charge is 0.273 e. The minimum Gasteiger partial charge on any atom is -0.505 e. The molecule has 0 aliphatic heterocycles. The summed E-state index contributed by atoms with van der Waals surface area (Å²) in [5.41, 5.74) is 0.105. The molecule has 1 saturated carbocycles. The summed E-state index contributed by atoms with van der Waals surface area (Å²) in [6.45, 7) is 2.00. The standard InChI is InChI=1S/C12H16N2O2/c1-8(9-4-2-5-9)14-12(16)11-10(15)6-3-7-13-11/h3,6-9,15H,2,4-5H2,1H3,(H,14,16). The quantitative estimate of drug-likeness (QED) is 0.815. The number of aromatic hydroxyl groups is 1. The van der Waals surface area contributed by atoms with Crippen LogP contribution in [0.5, 0.6) is 5.75 Å². The Labute approximate surface area is 94.7 Å². The lowest BCUT2D eigenvalue weighted by atomic mass is 9.80. The predicted molar refractivity (Wildman–Crippen MR) is 60.2 cm³/mol. The lowest BCUT2D eigenvalue weighted by molar-refractivity contribution is 0.0901. The first-order chi connectivity index (χ1) is 7.68. The van der Waals surface area contributed by atoms with Crippen LogP contribution < -0.4 is 5.32 Å². The van der Waals surface area contributed by atoms with Crippen molar-refractivity contribution < 1.29 is 9.90 Å². The third kappa shape index (κ3) is 2.15. The minimum atomic E-state index is -0.294. The highest BCUT2D eigenvalue weighted by molar-refractivity contribution is 5.94. The molecule has 0 radical (unpaired) electrons. The first-order valence-electron chi connectivity index (χ1n) is 5.63. The highest BCUT2D eigenvalue weighted by atomic mass is 16.3. The number of hydrogen-bond donors (Lipinski definition) is 2. The van der Waals surface area contributed by atoms with Gasteiger partial charge in [-0.25, -0.2) is 4.98 Å². The van der Waals surface area contributed by atoms with Crippen molar-refractivity contribution >= 4 is 5.91 Å². The first-order valence-corrected chi connectivity index (χ1v) is 5.63. The van der Waals surface area contributed by atoms with Gasteiger partial charge >= 0.3 is 0 Å². The maximum absolute atomic E-state index is 11.8. The number of rotatable bonds is 3. The summed E-state index contributed by atoms with van der Waals surface area (Å²) in [4.78, 5) is 15.7. The monoisotopic (exact) mass is 220 g/mol. The van der Waals surface area contributed by atoms with E-state index in [1.165, 1.54) is 31.5 Å². The highest BCUT2D eigenvalue weighted by Gasteiger charge is 2.26. The fraction of sp³-hybridized carbons (Fsp3) is 0.500. The van der Waals surface area contributed by atoms with Crippen molar-refractivity contribution in [1.29, 1.82) is 0 Å². The van der Waals surface area contributed by atoms with Gasteiger partial charge in [0, 0.05) is 12.2 Å². The first kappa shape index (κ1) is 10.9. The Morgan fingerprint density at radius 3 is 2.94 bits per heavy atom. The topological polar surface area (TPSA) is 62.2 Å². The lowest BCUT2D eigenvalue weighted by Crippen LogP contribution is -2.40. The summed E-state index contributed by atoms with van der Waals surface area (Å²) in [5.74, 6) is 0.216. The van der Waals surface area contributed by atoms with Gasteiger partial charge in [0.1, 0.15) is 5.75 Å². The van der Waals surface area contributed by atoms with Crippen LogP contribution in [-0.4, -0.2) is 22.0 Å². The van der Waals surface area contributed by atoms with Crippen molar-refractivity contribution in [2.24, 2.45) is 5.92 Å². The highest BCUT2D eigenvalue weighted by Crippen LogP contribution is 2.29. The van der Waals surface area contributed by atoms with Gasteiger partial charge in [-0.05, 0) is 37.8 Å². The van der Waals surface area contributed by atoms with E-state index in [9.17, 15) is 9.90 Å². The zero-order chi connectivity index (χ0) is 11.5. The summed E-state index contributed by atoms with van der Waals surface area (Å²) >= 11 is 0. The second-order valence-electron chi connectivity index (χ2n) is 4.32. The molecule has 1 aromatic heterocycles. The molecule has 0 aromatic carbocycles. The molecule has 1 aliphatic rings. The van der Waals surface area contributed by atoms with Gasteiger partial charge in [-0.1, -0.05) is 6.42 Å². The molecular formula is C12H16N2O2. The van der Waals surface area contributed by atoms with Gasteiger partial charge in [-0.15, -0.1) is 0 Å². The molecule has 1 unspecified atom stereocenters. The summed E-state index contributed by atoms with van der Waals surface area (Å²) in [5, 5.41) is 12.4. The molecule has 2 N–H and O–H groups in total. The van der Waals surface area contributed by atoms with E-state index in [-0.39, 0.29) is 23.4 Å². The second-order valence-corrected chi connectivity index (χ2v) is 4.32. The van der Waals surface area contributed by atoms with Crippen molar-refractivity contribution in [3.8, 4) is 5.75 Å². The Hall–Kier alpha value is -1.58. The molecule has 1 aromatic rings. The summed E-state index contributed by atoms with van der Waals surface area (Å²) in [7, 11) is 0. The molecule has 0 spiro atoms. The van der Waals surface area contributed by atoms with Crippen LogP contribution in [0.2, 0.25) is 0 Å². The number of nitrogens with zero attached hydrogens (tertiary/aromatic N) is 1. The molecular weight excluding hydrogens is 204 g/mol. The van der Waals surface area contributed by atoms with Crippen LogP contribution in [0.4, 0.5) is 0 Å². The van der Waals surface area contributed by atoms with E-state index < -0.39 is 0 Å². The number of hydrogen-bond acceptors (Lipinski definition) is 3. The van der Waals surface area contributed by atoms with Crippen molar-refractivity contribution in [2.45, 2.75) is 32.2 Å². The van der Waals surface area contributed by atoms with E-state index in [4.69, 9.17) is 0 Å². The fourth-order valence-electron chi connectivity index (χ4n) is 1.90. The van der Waals surface area contributed by atoms with Crippen molar-refractivity contribution in [2.75, 3.05) is 0 Å². The molecule has 0 bridgehead atoms. The third-order valence-electron chi connectivity index (χ3n) is 3.22. The van der Waals surface area contributed by atoms with E-state index in [2.05, 4.69) is 10.3 Å². The largest absolute Gasteiger partial charge is 0.505 e. The van der Waals surface area contributed by atoms with Gasteiger partial charge in [-0.3, -0.25) is 4.79 Å². The molecule has 16 heavy (non-hydrogen) atoms. The zero-order valence-corrected chi connectivity index (χ0v) is 9.31. The minimum absolute atomic E-state index is 0.0687. The fourth-order valence-corrected chi connectivity index (χ4v) is 1.90. The van der Waals surface area contributed by atoms with Crippen LogP contribution in [0.3, 0.4) is 0 Å².